The Balaban J connectivity index is 1.79. The van der Waals surface area contributed by atoms with Crippen LogP contribution < -0.4 is 20.7 Å². The van der Waals surface area contributed by atoms with Gasteiger partial charge in [-0.05, 0) is 30.9 Å². The summed E-state index contributed by atoms with van der Waals surface area (Å²) in [4.78, 5) is 27.2. The zero-order valence-corrected chi connectivity index (χ0v) is 18.3. The van der Waals surface area contributed by atoms with E-state index in [1.807, 2.05) is 0 Å². The molecule has 1 aromatic rings. The number of nitrogens with two attached hydrogens (primary N) is 1. The summed E-state index contributed by atoms with van der Waals surface area (Å²) in [6, 6.07) is 2.48. The Morgan fingerprint density at radius 3 is 2.62 bits per heavy atom. The third-order valence-corrected chi connectivity index (χ3v) is 5.79. The van der Waals surface area contributed by atoms with Crippen LogP contribution in [0.25, 0.3) is 0 Å². The second-order valence-electron chi connectivity index (χ2n) is 8.24. The summed E-state index contributed by atoms with van der Waals surface area (Å²) in [5, 5.41) is 2.44. The third kappa shape index (κ3) is 7.00. The van der Waals surface area contributed by atoms with Crippen molar-refractivity contribution in [1.29, 1.82) is 0 Å². The quantitative estimate of drug-likeness (QED) is 0.486. The van der Waals surface area contributed by atoms with E-state index >= 15 is 0 Å². The van der Waals surface area contributed by atoms with Crippen LogP contribution in [-0.4, -0.2) is 74.9 Å². The number of alkyl halides is 5. The minimum atomic E-state index is -4.53. The summed E-state index contributed by atoms with van der Waals surface area (Å²) >= 11 is 0. The van der Waals surface area contributed by atoms with Gasteiger partial charge in [0.1, 0.15) is 12.6 Å². The average Bonchev–Trinajstić information content (AvgIpc) is 2.70. The van der Waals surface area contributed by atoms with E-state index in [2.05, 4.69) is 10.1 Å². The molecule has 1 aliphatic carbocycles. The first-order valence-electron chi connectivity index (χ1n) is 10.9. The Hall–Kier alpha value is -2.51. The van der Waals surface area contributed by atoms with Gasteiger partial charge < -0.3 is 25.4 Å². The molecule has 1 heterocycles. The first kappa shape index (κ1) is 26.1. The number of benzene rings is 1. The number of nitrogens with zero attached hydrogens (tertiary/aromatic N) is 2. The zero-order chi connectivity index (χ0) is 24.9. The highest BCUT2D eigenvalue weighted by atomic mass is 19.4. The van der Waals surface area contributed by atoms with Crippen molar-refractivity contribution in [3.8, 4) is 5.75 Å². The van der Waals surface area contributed by atoms with Crippen molar-refractivity contribution in [3.63, 3.8) is 0 Å². The molecule has 1 saturated carbocycles. The molecule has 2 amide bonds. The Morgan fingerprint density at radius 1 is 1.32 bits per heavy atom. The van der Waals surface area contributed by atoms with Gasteiger partial charge in [0.05, 0.1) is 18.8 Å². The van der Waals surface area contributed by atoms with Crippen molar-refractivity contribution in [2.24, 2.45) is 11.7 Å². The Morgan fingerprint density at radius 2 is 2.06 bits per heavy atom. The highest BCUT2D eigenvalue weighted by molar-refractivity contribution is 5.98. The van der Waals surface area contributed by atoms with Gasteiger partial charge in [-0.1, -0.05) is 6.42 Å². The van der Waals surface area contributed by atoms with Gasteiger partial charge in [-0.15, -0.1) is 0 Å². The molecule has 0 radical (unpaired) electrons. The van der Waals surface area contributed by atoms with Crippen LogP contribution in [0.2, 0.25) is 0 Å². The minimum Gasteiger partial charge on any atom is -0.433 e. The lowest BCUT2D eigenvalue weighted by Crippen LogP contribution is -2.53. The van der Waals surface area contributed by atoms with E-state index in [4.69, 9.17) is 10.5 Å². The Labute approximate surface area is 193 Å². The number of rotatable bonds is 10. The van der Waals surface area contributed by atoms with Crippen LogP contribution in [0.1, 0.15) is 19.3 Å². The van der Waals surface area contributed by atoms with Crippen molar-refractivity contribution in [1.82, 2.24) is 4.90 Å². The zero-order valence-electron chi connectivity index (χ0n) is 18.3. The van der Waals surface area contributed by atoms with E-state index in [0.717, 1.165) is 30.2 Å². The number of halogens is 5. The van der Waals surface area contributed by atoms with Gasteiger partial charge in [0.15, 0.2) is 5.75 Å². The summed E-state index contributed by atoms with van der Waals surface area (Å²) < 4.78 is 75.0. The van der Waals surface area contributed by atoms with Crippen molar-refractivity contribution in [2.75, 3.05) is 49.6 Å². The van der Waals surface area contributed by atoms with E-state index in [1.165, 1.54) is 17.0 Å². The molecule has 8 nitrogen and oxygen atoms in total. The summed E-state index contributed by atoms with van der Waals surface area (Å²) in [5.74, 6) is -1.57. The molecule has 34 heavy (non-hydrogen) atoms. The van der Waals surface area contributed by atoms with E-state index in [-0.39, 0.29) is 55.9 Å². The van der Waals surface area contributed by atoms with Crippen molar-refractivity contribution >= 4 is 23.2 Å². The smallest absolute Gasteiger partial charge is 0.401 e. The monoisotopic (exact) mass is 494 g/mol. The standard InChI is InChI=1S/C21H27F5N4O4/c22-20(23)34-17-8-14(4-5-15(17)30-6-7-33-11-18(30)31)28-19(32)16(9-27)29(12-21(24,25)26)10-13-2-1-3-13/h4-5,8,13,16,20H,1-3,6-7,9-12,27H2,(H,28,32)/t16-/m0/s1. The summed E-state index contributed by atoms with van der Waals surface area (Å²) in [6.45, 7) is -4.69. The van der Waals surface area contributed by atoms with Gasteiger partial charge in [-0.3, -0.25) is 14.5 Å². The molecule has 2 fully saturated rings. The lowest BCUT2D eigenvalue weighted by Gasteiger charge is -2.36. The summed E-state index contributed by atoms with van der Waals surface area (Å²) in [7, 11) is 0. The molecule has 1 atom stereocenters. The number of hydrogen-bond donors (Lipinski definition) is 2. The molecule has 0 bridgehead atoms. The molecule has 0 aromatic heterocycles. The molecule has 190 valence electrons. The van der Waals surface area contributed by atoms with Crippen LogP contribution in [-0.2, 0) is 14.3 Å². The average molecular weight is 494 g/mol. The van der Waals surface area contributed by atoms with Gasteiger partial charge in [-0.25, -0.2) is 0 Å². The van der Waals surface area contributed by atoms with Gasteiger partial charge in [0, 0.05) is 31.4 Å². The molecule has 1 saturated heterocycles. The molecule has 2 aliphatic rings. The van der Waals surface area contributed by atoms with Crippen molar-refractivity contribution in [2.45, 2.75) is 38.1 Å². The molecule has 0 spiro atoms. The fourth-order valence-electron chi connectivity index (χ4n) is 3.96. The van der Waals surface area contributed by atoms with Gasteiger partial charge in [0.25, 0.3) is 5.91 Å². The highest BCUT2D eigenvalue weighted by Crippen LogP contribution is 2.34. The van der Waals surface area contributed by atoms with Crippen LogP contribution in [0.4, 0.5) is 33.3 Å². The first-order chi connectivity index (χ1) is 16.1. The van der Waals surface area contributed by atoms with Crippen molar-refractivity contribution in [3.05, 3.63) is 18.2 Å². The molecule has 1 aliphatic heterocycles. The van der Waals surface area contributed by atoms with Crippen LogP contribution >= 0.6 is 0 Å². The predicted molar refractivity (Wildman–Crippen MR) is 113 cm³/mol. The van der Waals surface area contributed by atoms with Crippen LogP contribution in [0, 0.1) is 5.92 Å². The fourth-order valence-corrected chi connectivity index (χ4v) is 3.96. The van der Waals surface area contributed by atoms with E-state index in [0.29, 0.717) is 0 Å². The molecular weight excluding hydrogens is 467 g/mol. The summed E-state index contributed by atoms with van der Waals surface area (Å²) in [5.41, 5.74) is 5.74. The minimum absolute atomic E-state index is 0.0131. The van der Waals surface area contributed by atoms with E-state index < -0.39 is 37.2 Å². The molecular formula is C21H27F5N4O4. The number of nitrogens with one attached hydrogen (secondary N) is 1. The van der Waals surface area contributed by atoms with E-state index in [9.17, 15) is 31.5 Å². The van der Waals surface area contributed by atoms with Crippen LogP contribution in [0.5, 0.6) is 5.75 Å². The molecule has 3 N–H and O–H groups in total. The van der Waals surface area contributed by atoms with Crippen LogP contribution in [0.3, 0.4) is 0 Å². The number of carbonyl (C=O) groups excluding carboxylic acids is 2. The third-order valence-electron chi connectivity index (χ3n) is 5.79. The lowest BCUT2D eigenvalue weighted by atomic mass is 9.85. The largest absolute Gasteiger partial charge is 0.433 e. The number of carbonyl (C=O) groups is 2. The number of ether oxygens (including phenoxy) is 2. The normalized spacial score (nSPS) is 18.2. The molecule has 0 unspecified atom stereocenters. The molecule has 3 rings (SSSR count). The van der Waals surface area contributed by atoms with Gasteiger partial charge in [0.2, 0.25) is 5.91 Å². The number of anilines is 2. The van der Waals surface area contributed by atoms with Crippen molar-refractivity contribution < 1.29 is 41.0 Å². The topological polar surface area (TPSA) is 97.1 Å². The summed E-state index contributed by atoms with van der Waals surface area (Å²) in [6.07, 6.45) is -2.04. The number of morpholine rings is 1. The predicted octanol–water partition coefficient (Wildman–Crippen LogP) is 2.58. The maximum absolute atomic E-state index is 13.1. The van der Waals surface area contributed by atoms with E-state index in [1.54, 1.807) is 0 Å². The van der Waals surface area contributed by atoms with Crippen LogP contribution in [0.15, 0.2) is 18.2 Å². The van der Waals surface area contributed by atoms with Gasteiger partial charge >= 0.3 is 12.8 Å². The Bertz CT molecular complexity index is 866. The lowest BCUT2D eigenvalue weighted by molar-refractivity contribution is -0.155. The van der Waals surface area contributed by atoms with Gasteiger partial charge in [-0.2, -0.15) is 22.0 Å². The number of amides is 2. The highest BCUT2D eigenvalue weighted by Gasteiger charge is 2.38. The molecule has 1 aromatic carbocycles. The SMILES string of the molecule is NC[C@@H](C(=O)Nc1ccc(N2CCOCC2=O)c(OC(F)F)c1)N(CC1CCC1)CC(F)(F)F. The Kier molecular flexibility index (Phi) is 8.66. The fraction of sp³-hybridized carbons (Fsp3) is 0.619. The number of hydrogen-bond acceptors (Lipinski definition) is 6. The second kappa shape index (κ2) is 11.3. The maximum Gasteiger partial charge on any atom is 0.401 e. The second-order valence-corrected chi connectivity index (χ2v) is 8.24. The maximum atomic E-state index is 13.1. The molecule has 13 heteroatoms. The first-order valence-corrected chi connectivity index (χ1v) is 10.9.